The molecule has 0 spiro atoms. The third-order valence-electron chi connectivity index (χ3n) is 15.4. The number of carboxylic acids is 6. The second-order valence-corrected chi connectivity index (χ2v) is 30.5. The second-order valence-electron chi connectivity index (χ2n) is 27.1. The summed E-state index contributed by atoms with van der Waals surface area (Å²) in [4.78, 5) is 115. The van der Waals surface area contributed by atoms with E-state index in [4.69, 9.17) is 28.4 Å². The number of carboxylic acid groups (broad SMARTS) is 6. The van der Waals surface area contributed by atoms with E-state index in [1.165, 1.54) is 153 Å². The van der Waals surface area contributed by atoms with Crippen molar-refractivity contribution in [3.8, 4) is 34.5 Å². The number of carbonyl (C=O) groups excluding carboxylic acids is 10. The Balaban J connectivity index is 0.000000943. The first-order valence-corrected chi connectivity index (χ1v) is 37.6. The molecule has 0 aromatic heterocycles. The molecule has 0 atom stereocenters. The van der Waals surface area contributed by atoms with Gasteiger partial charge in [0.1, 0.15) is 85.2 Å². The van der Waals surface area contributed by atoms with Crippen LogP contribution in [0, 0.1) is 154 Å². The van der Waals surface area contributed by atoms with E-state index in [0.717, 1.165) is 36.8 Å². The number of hydrogen-bond donors (Lipinski definition) is 2. The largest absolute Gasteiger partial charge is 3.00 e. The van der Waals surface area contributed by atoms with Crippen LogP contribution in [0.4, 0.5) is 0 Å². The van der Waals surface area contributed by atoms with Gasteiger partial charge >= 0.3 is 98.8 Å². The summed E-state index contributed by atoms with van der Waals surface area (Å²) in [6.07, 6.45) is 3.00. The van der Waals surface area contributed by atoms with Crippen molar-refractivity contribution in [1.82, 2.24) is 29.0 Å². The minimum absolute atomic E-state index is 0. The fourth-order valence-electron chi connectivity index (χ4n) is 9.35. The third kappa shape index (κ3) is 36.2. The Morgan fingerprint density at radius 1 is 0.288 bits per heavy atom. The zero-order valence-electron chi connectivity index (χ0n) is 67.5. The maximum absolute atomic E-state index is 13.9. The van der Waals surface area contributed by atoms with E-state index >= 15 is 0 Å². The summed E-state index contributed by atoms with van der Waals surface area (Å²) in [5, 5.41) is 71.5. The van der Waals surface area contributed by atoms with Gasteiger partial charge in [0.15, 0.2) is 0 Å². The third-order valence-corrected chi connectivity index (χ3v) is 18.6. The number of ether oxygens (including phenoxy) is 6. The van der Waals surface area contributed by atoms with Gasteiger partial charge in [-0.2, -0.15) is 9.44 Å². The summed E-state index contributed by atoms with van der Waals surface area (Å²) in [5.74, 6) is -10.3. The van der Waals surface area contributed by atoms with Crippen LogP contribution in [0.3, 0.4) is 0 Å². The Labute approximate surface area is 767 Å². The summed E-state index contributed by atoms with van der Waals surface area (Å²) in [7, 11) is 4.64. The van der Waals surface area contributed by atoms with Crippen molar-refractivity contribution >= 4 is 81.5 Å². The van der Waals surface area contributed by atoms with Gasteiger partial charge in [0.05, 0.1) is 45.6 Å². The number of carbonyl (C=O) groups is 10. The van der Waals surface area contributed by atoms with Crippen molar-refractivity contribution in [2.45, 2.75) is 76.3 Å². The van der Waals surface area contributed by atoms with Crippen molar-refractivity contribution in [1.29, 1.82) is 0 Å². The molecule has 0 aliphatic rings. The predicted molar refractivity (Wildman–Crippen MR) is 413 cm³/mol. The van der Waals surface area contributed by atoms with E-state index in [9.17, 15) is 95.4 Å². The van der Waals surface area contributed by atoms with E-state index in [-0.39, 0.29) is 176 Å². The number of aromatic carboxylic acids is 6. The van der Waals surface area contributed by atoms with Crippen molar-refractivity contribution in [2.24, 2.45) is 0 Å². The van der Waals surface area contributed by atoms with Gasteiger partial charge < -0.3 is 107 Å². The number of nitrogens with zero attached hydrogens (tertiary/aromatic N) is 4. The standard InChI is InChI=1S/2C35H35NO11S.4C3H7NO.2Eu/c2*1-21-5-10-25(11-6-21)48(43,44)36-35(18-45-29-15-22(2)7-12-26(29)32(37)38,19-46-30-16-23(3)8-13-27(30)33(39)40)20-47-31-17-24(4)9-14-28(31)34(41)42;4*1-4(2)3-5;;/h2*5-17,36H,18-20H2,1-4H3,(H,37,38)(H,39,40)(H,41,42);4*3H,1-2H3;;/q;;;;;;2*+3/p-6. The smallest absolute Gasteiger partial charge is 0.545 e. The molecule has 0 radical (unpaired) electrons. The molecular weight excluding hydrogens is 1850 g/mol. The Morgan fingerprint density at radius 2 is 0.424 bits per heavy atom. The quantitative estimate of drug-likeness (QED) is 0.0537. The molecule has 8 rings (SSSR count). The van der Waals surface area contributed by atoms with Gasteiger partial charge in [0, 0.05) is 89.8 Å². The molecule has 2 N–H and O–H groups in total. The van der Waals surface area contributed by atoms with Crippen LogP contribution in [0.25, 0.3) is 0 Å². The van der Waals surface area contributed by atoms with Crippen LogP contribution in [-0.2, 0) is 39.2 Å². The fraction of sp³-hybridized carbons (Fsp3) is 0.293. The summed E-state index contributed by atoms with van der Waals surface area (Å²) >= 11 is 0. The summed E-state index contributed by atoms with van der Waals surface area (Å²) in [6, 6.07) is 37.0. The molecule has 0 heterocycles. The molecule has 632 valence electrons. The number of rotatable bonds is 34. The second kappa shape index (κ2) is 50.9. The van der Waals surface area contributed by atoms with Crippen LogP contribution in [0.5, 0.6) is 34.5 Å². The number of amides is 4. The summed E-state index contributed by atoms with van der Waals surface area (Å²) in [6.45, 7) is 9.74. The average Bonchev–Trinajstić information content (AvgIpc) is 0.791. The van der Waals surface area contributed by atoms with Crippen LogP contribution >= 0.6 is 0 Å². The predicted octanol–water partition coefficient (Wildman–Crippen LogP) is 1.35. The van der Waals surface area contributed by atoms with Gasteiger partial charge in [-0.25, -0.2) is 16.8 Å². The van der Waals surface area contributed by atoms with E-state index in [2.05, 4.69) is 9.44 Å². The van der Waals surface area contributed by atoms with Crippen molar-refractivity contribution < 1.29 is 223 Å². The normalized spacial score (nSPS) is 10.5. The van der Waals surface area contributed by atoms with Crippen LogP contribution in [-0.4, -0.2) is 205 Å². The minimum atomic E-state index is -4.43. The van der Waals surface area contributed by atoms with Crippen molar-refractivity contribution in [3.05, 3.63) is 236 Å². The van der Waals surface area contributed by atoms with Gasteiger partial charge in [-0.15, -0.1) is 0 Å². The Bertz CT molecular complexity index is 4310. The zero-order valence-corrected chi connectivity index (χ0v) is 74.0. The van der Waals surface area contributed by atoms with Crippen LogP contribution in [0.15, 0.2) is 168 Å². The zero-order chi connectivity index (χ0) is 87.6. The molecule has 36 heteroatoms. The van der Waals surface area contributed by atoms with Crippen LogP contribution in [0.1, 0.15) is 107 Å². The minimum Gasteiger partial charge on any atom is -0.545 e. The number of hydrogen-bond acceptors (Lipinski definition) is 26. The van der Waals surface area contributed by atoms with Crippen molar-refractivity contribution in [3.63, 3.8) is 0 Å². The number of aryl methyl sites for hydroxylation is 8. The number of nitrogens with one attached hydrogen (secondary N) is 2. The van der Waals surface area contributed by atoms with Crippen LogP contribution < -0.4 is 68.5 Å². The average molecular weight is 1950 g/mol. The van der Waals surface area contributed by atoms with Gasteiger partial charge in [0.25, 0.3) is 0 Å². The maximum atomic E-state index is 13.9. The molecule has 0 saturated carbocycles. The molecule has 4 amide bonds. The molecular formula is C82H92Eu2N6O26S2. The van der Waals surface area contributed by atoms with E-state index in [1.54, 1.807) is 136 Å². The molecule has 8 aromatic rings. The molecule has 118 heavy (non-hydrogen) atoms. The summed E-state index contributed by atoms with van der Waals surface area (Å²) in [5.41, 5.74) is -0.639. The maximum Gasteiger partial charge on any atom is 3.00 e. The number of benzene rings is 8. The topological polar surface area (TPSA) is 470 Å². The van der Waals surface area contributed by atoms with Gasteiger partial charge in [0.2, 0.25) is 45.7 Å². The van der Waals surface area contributed by atoms with Gasteiger partial charge in [-0.3, -0.25) is 19.2 Å². The van der Waals surface area contributed by atoms with Crippen LogP contribution in [0.2, 0.25) is 0 Å². The molecule has 0 saturated heterocycles. The molecule has 0 unspecified atom stereocenters. The Morgan fingerprint density at radius 3 is 0.551 bits per heavy atom. The van der Waals surface area contributed by atoms with E-state index in [0.29, 0.717) is 33.4 Å². The molecule has 0 aliphatic heterocycles. The Kier molecular flexibility index (Phi) is 45.8. The van der Waals surface area contributed by atoms with E-state index < -0.39 is 107 Å². The fourth-order valence-corrected chi connectivity index (χ4v) is 12.1. The van der Waals surface area contributed by atoms with E-state index in [1.807, 2.05) is 0 Å². The van der Waals surface area contributed by atoms with Gasteiger partial charge in [-0.05, 0) is 186 Å². The Hall–Kier alpha value is -9.75. The first kappa shape index (κ1) is 106. The first-order valence-electron chi connectivity index (χ1n) is 34.6. The molecule has 0 aliphatic carbocycles. The molecule has 32 nitrogen and oxygen atoms in total. The monoisotopic (exact) mass is 1950 g/mol. The van der Waals surface area contributed by atoms with Gasteiger partial charge in [-0.1, -0.05) is 71.8 Å². The first-order chi connectivity index (χ1) is 54.3. The molecule has 0 fully saturated rings. The molecule has 0 bridgehead atoms. The summed E-state index contributed by atoms with van der Waals surface area (Å²) < 4.78 is 96.4. The molecule has 8 aromatic carbocycles. The van der Waals surface area contributed by atoms with Crippen molar-refractivity contribution in [2.75, 3.05) is 96.0 Å². The SMILES string of the molecule is CN(C)C=O.CN(C)C=O.CN(C)C=O.CN(C)C=O.Cc1ccc(S(=O)(=O)NC(COc2cc(C)ccc2C(=O)[O-])(COc2cc(C)ccc2C(=O)[O-])COc2cc(C)ccc2C(=O)[O-])cc1.Cc1ccc(S(=O)(=O)NC(COc2cc(C)ccc2C(=O)[O-])(COc2cc(C)ccc2C(=O)[O-])COc2cc(C)ccc2C(=O)[O-])cc1.[Eu+3].[Eu+3]. The number of sulfonamides is 2.